The number of benzene rings is 2. The van der Waals surface area contributed by atoms with Crippen LogP contribution in [0.5, 0.6) is 0 Å². The number of hydrogen-bond acceptors (Lipinski definition) is 6. The molecule has 2 aromatic heterocycles. The first-order valence-electron chi connectivity index (χ1n) is 9.54. The molecule has 0 spiro atoms. The summed E-state index contributed by atoms with van der Waals surface area (Å²) in [6.45, 7) is 1.99. The molecule has 1 amide bonds. The topological polar surface area (TPSA) is 72.1 Å². The number of aryl methyl sites for hydroxylation is 2. The van der Waals surface area contributed by atoms with E-state index in [1.807, 2.05) is 23.6 Å². The molecular weight excluding hydrogens is 439 g/mol. The molecule has 158 valence electrons. The Morgan fingerprint density at radius 3 is 2.65 bits per heavy atom. The van der Waals surface area contributed by atoms with Gasteiger partial charge in [-0.15, -0.1) is 11.3 Å². The van der Waals surface area contributed by atoms with Crippen molar-refractivity contribution >= 4 is 34.0 Å². The summed E-state index contributed by atoms with van der Waals surface area (Å²) in [4.78, 5) is 23.5. The maximum atomic E-state index is 13.3. The van der Waals surface area contributed by atoms with Crippen molar-refractivity contribution in [2.45, 2.75) is 26.3 Å². The maximum Gasteiger partial charge on any atom is 0.229 e. The van der Waals surface area contributed by atoms with Crippen LogP contribution in [0.1, 0.15) is 23.7 Å². The summed E-state index contributed by atoms with van der Waals surface area (Å²) < 4.78 is 18.4. The lowest BCUT2D eigenvalue weighted by molar-refractivity contribution is -0.118. The smallest absolute Gasteiger partial charge is 0.229 e. The number of carbonyl (C=O) groups excluding carboxylic acids is 1. The fraction of sp³-hybridized carbons (Fsp3) is 0.182. The molecule has 0 aliphatic carbocycles. The Morgan fingerprint density at radius 1 is 1.16 bits per heavy atom. The molecule has 4 aromatic rings. The van der Waals surface area contributed by atoms with E-state index in [2.05, 4.69) is 15.1 Å². The monoisotopic (exact) mass is 456 g/mol. The predicted octanol–water partition coefficient (Wildman–Crippen LogP) is 5.46. The van der Waals surface area contributed by atoms with Gasteiger partial charge in [-0.2, -0.15) is 4.98 Å². The van der Waals surface area contributed by atoms with Crippen molar-refractivity contribution in [1.29, 1.82) is 0 Å². The SMILES string of the molecule is Cc1noc(CCC(=O)N(Cc2ccc(F)cc2)c2nc(-c3ccccc3Cl)cs2)n1. The van der Waals surface area contributed by atoms with Crippen LogP contribution in [0.2, 0.25) is 5.02 Å². The van der Waals surface area contributed by atoms with Crippen LogP contribution < -0.4 is 4.90 Å². The van der Waals surface area contributed by atoms with Crippen molar-refractivity contribution in [2.24, 2.45) is 0 Å². The van der Waals surface area contributed by atoms with Crippen molar-refractivity contribution < 1.29 is 13.7 Å². The highest BCUT2D eigenvalue weighted by Crippen LogP contribution is 2.32. The number of nitrogens with zero attached hydrogens (tertiary/aromatic N) is 4. The number of amides is 1. The molecule has 0 radical (unpaired) electrons. The Labute approximate surface area is 187 Å². The average molecular weight is 457 g/mol. The first-order valence-corrected chi connectivity index (χ1v) is 10.8. The minimum atomic E-state index is -0.330. The quantitative estimate of drug-likeness (QED) is 0.369. The van der Waals surface area contributed by atoms with Gasteiger partial charge in [-0.3, -0.25) is 9.69 Å². The number of halogens is 2. The van der Waals surface area contributed by atoms with Gasteiger partial charge < -0.3 is 4.52 Å². The highest BCUT2D eigenvalue weighted by molar-refractivity contribution is 7.14. The van der Waals surface area contributed by atoms with Crippen LogP contribution in [0, 0.1) is 12.7 Å². The number of rotatable bonds is 7. The van der Waals surface area contributed by atoms with Crippen LogP contribution in [-0.2, 0) is 17.8 Å². The van der Waals surface area contributed by atoms with Crippen molar-refractivity contribution in [2.75, 3.05) is 4.90 Å². The second-order valence-corrected chi connectivity index (χ2v) is 8.08. The highest BCUT2D eigenvalue weighted by Gasteiger charge is 2.21. The zero-order chi connectivity index (χ0) is 21.8. The molecule has 0 saturated heterocycles. The van der Waals surface area contributed by atoms with Gasteiger partial charge in [0.2, 0.25) is 11.8 Å². The summed E-state index contributed by atoms with van der Waals surface area (Å²) in [5, 5.41) is 6.73. The van der Waals surface area contributed by atoms with Gasteiger partial charge >= 0.3 is 0 Å². The van der Waals surface area contributed by atoms with Gasteiger partial charge in [0, 0.05) is 28.8 Å². The fourth-order valence-corrected chi connectivity index (χ4v) is 4.08. The molecule has 2 aromatic carbocycles. The van der Waals surface area contributed by atoms with Crippen LogP contribution in [0.25, 0.3) is 11.3 Å². The number of carbonyl (C=O) groups is 1. The van der Waals surface area contributed by atoms with Crippen molar-refractivity contribution in [3.05, 3.63) is 82.0 Å². The largest absolute Gasteiger partial charge is 0.339 e. The van der Waals surface area contributed by atoms with Gasteiger partial charge in [0.15, 0.2) is 11.0 Å². The zero-order valence-corrected chi connectivity index (χ0v) is 18.2. The van der Waals surface area contributed by atoms with Crippen LogP contribution in [0.15, 0.2) is 58.4 Å². The molecular formula is C22H18ClFN4O2S. The third-order valence-electron chi connectivity index (χ3n) is 4.55. The summed E-state index contributed by atoms with van der Waals surface area (Å²) in [5.41, 5.74) is 2.27. The highest BCUT2D eigenvalue weighted by atomic mass is 35.5. The Kier molecular flexibility index (Phi) is 6.39. The first kappa shape index (κ1) is 21.1. The van der Waals surface area contributed by atoms with E-state index in [-0.39, 0.29) is 24.7 Å². The molecule has 9 heteroatoms. The number of anilines is 1. The lowest BCUT2D eigenvalue weighted by Crippen LogP contribution is -2.30. The summed E-state index contributed by atoms with van der Waals surface area (Å²) in [5.74, 6) is 0.447. The molecule has 31 heavy (non-hydrogen) atoms. The molecule has 2 heterocycles. The van der Waals surface area contributed by atoms with Crippen molar-refractivity contribution in [3.63, 3.8) is 0 Å². The second kappa shape index (κ2) is 9.36. The Hall–Kier alpha value is -3.10. The van der Waals surface area contributed by atoms with E-state index in [1.165, 1.54) is 23.5 Å². The molecule has 0 saturated carbocycles. The Morgan fingerprint density at radius 2 is 1.94 bits per heavy atom. The molecule has 0 bridgehead atoms. The lowest BCUT2D eigenvalue weighted by Gasteiger charge is -2.20. The van der Waals surface area contributed by atoms with E-state index in [1.54, 1.807) is 30.0 Å². The minimum absolute atomic E-state index is 0.153. The van der Waals surface area contributed by atoms with Gasteiger partial charge in [-0.05, 0) is 30.7 Å². The second-order valence-electron chi connectivity index (χ2n) is 6.84. The normalized spacial score (nSPS) is 10.9. The summed E-state index contributed by atoms with van der Waals surface area (Å²) in [6, 6.07) is 13.5. The van der Waals surface area contributed by atoms with Crippen LogP contribution in [-0.4, -0.2) is 21.0 Å². The van der Waals surface area contributed by atoms with E-state index in [4.69, 9.17) is 16.1 Å². The third kappa shape index (κ3) is 5.15. The predicted molar refractivity (Wildman–Crippen MR) is 118 cm³/mol. The van der Waals surface area contributed by atoms with Gasteiger partial charge in [-0.1, -0.05) is 47.1 Å². The molecule has 6 nitrogen and oxygen atoms in total. The Bertz CT molecular complexity index is 1190. The van der Waals surface area contributed by atoms with Crippen LogP contribution in [0.4, 0.5) is 9.52 Å². The summed E-state index contributed by atoms with van der Waals surface area (Å²) in [7, 11) is 0. The summed E-state index contributed by atoms with van der Waals surface area (Å²) >= 11 is 7.65. The molecule has 0 atom stereocenters. The van der Waals surface area contributed by atoms with Crippen molar-refractivity contribution in [3.8, 4) is 11.3 Å². The molecule has 0 aliphatic rings. The van der Waals surface area contributed by atoms with Gasteiger partial charge in [-0.25, -0.2) is 9.37 Å². The molecule has 0 unspecified atom stereocenters. The van der Waals surface area contributed by atoms with E-state index in [9.17, 15) is 9.18 Å². The number of thiazole rings is 1. The van der Waals surface area contributed by atoms with Crippen molar-refractivity contribution in [1.82, 2.24) is 15.1 Å². The number of aromatic nitrogens is 3. The van der Waals surface area contributed by atoms with Gasteiger partial charge in [0.1, 0.15) is 5.82 Å². The summed E-state index contributed by atoms with van der Waals surface area (Å²) in [6.07, 6.45) is 0.492. The lowest BCUT2D eigenvalue weighted by atomic mass is 10.2. The molecule has 0 N–H and O–H groups in total. The Balaban J connectivity index is 1.59. The standard InChI is InChI=1S/C22H18ClFN4O2S/c1-14-25-20(30-27-14)10-11-21(29)28(12-15-6-8-16(24)9-7-15)22-26-19(13-31-22)17-4-2-3-5-18(17)23/h2-9,13H,10-12H2,1H3. The minimum Gasteiger partial charge on any atom is -0.339 e. The van der Waals surface area contributed by atoms with Crippen LogP contribution >= 0.6 is 22.9 Å². The molecule has 0 aliphatic heterocycles. The van der Waals surface area contributed by atoms with Gasteiger partial charge in [0.05, 0.1) is 12.2 Å². The van der Waals surface area contributed by atoms with Crippen LogP contribution in [0.3, 0.4) is 0 Å². The third-order valence-corrected chi connectivity index (χ3v) is 5.74. The van der Waals surface area contributed by atoms with Gasteiger partial charge in [0.25, 0.3) is 0 Å². The maximum absolute atomic E-state index is 13.3. The van der Waals surface area contributed by atoms with E-state index < -0.39 is 0 Å². The molecule has 0 fully saturated rings. The fourth-order valence-electron chi connectivity index (χ4n) is 3.01. The molecule has 4 rings (SSSR count). The van der Waals surface area contributed by atoms with E-state index >= 15 is 0 Å². The van der Waals surface area contributed by atoms with E-state index in [0.29, 0.717) is 34.0 Å². The first-order chi connectivity index (χ1) is 15.0. The average Bonchev–Trinajstić information content (AvgIpc) is 3.41. The van der Waals surface area contributed by atoms with E-state index in [0.717, 1.165) is 11.1 Å². The zero-order valence-electron chi connectivity index (χ0n) is 16.6. The number of hydrogen-bond donors (Lipinski definition) is 0.